The molecular weight excluding hydrogens is 158 g/mol. The van der Waals surface area contributed by atoms with E-state index >= 15 is 0 Å². The highest BCUT2D eigenvalue weighted by atomic mass is 14.9. The maximum absolute atomic E-state index is 3.43. The molecule has 0 saturated carbocycles. The monoisotopic (exact) mass is 169 g/mol. The van der Waals surface area contributed by atoms with Gasteiger partial charge in [-0.3, -0.25) is 0 Å². The van der Waals surface area contributed by atoms with Crippen LogP contribution in [-0.4, -0.2) is 6.54 Å². The van der Waals surface area contributed by atoms with Gasteiger partial charge in [0.25, 0.3) is 0 Å². The molecule has 0 aromatic heterocycles. The molecule has 0 unspecified atom stereocenters. The van der Waals surface area contributed by atoms with Crippen molar-refractivity contribution in [3.63, 3.8) is 0 Å². The van der Waals surface area contributed by atoms with Crippen LogP contribution in [0.3, 0.4) is 0 Å². The number of hydrogen-bond acceptors (Lipinski definition) is 1. The Bertz CT molecular complexity index is 421. The molecule has 0 bridgehead atoms. The Morgan fingerprint density at radius 3 is 2.77 bits per heavy atom. The van der Waals surface area contributed by atoms with Crippen molar-refractivity contribution in [2.45, 2.75) is 6.42 Å². The lowest BCUT2D eigenvalue weighted by Crippen LogP contribution is -2.10. The molecule has 0 aliphatic carbocycles. The minimum atomic E-state index is 1.07. The lowest BCUT2D eigenvalue weighted by atomic mass is 9.98. The molecule has 1 heterocycles. The predicted octanol–water partition coefficient (Wildman–Crippen LogP) is 2.81. The van der Waals surface area contributed by atoms with Gasteiger partial charge in [-0.1, -0.05) is 30.3 Å². The van der Waals surface area contributed by atoms with E-state index in [4.69, 9.17) is 0 Å². The molecule has 0 amide bonds. The van der Waals surface area contributed by atoms with Crippen LogP contribution in [-0.2, 0) is 6.42 Å². The second-order valence-electron chi connectivity index (χ2n) is 3.50. The van der Waals surface area contributed by atoms with Gasteiger partial charge in [-0.15, -0.1) is 0 Å². The first kappa shape index (κ1) is 6.96. The Balaban J connectivity index is 2.49. The highest BCUT2D eigenvalue weighted by Gasteiger charge is 2.09. The van der Waals surface area contributed by atoms with E-state index in [1.165, 1.54) is 22.0 Å². The van der Waals surface area contributed by atoms with Gasteiger partial charge in [0.05, 0.1) is 0 Å². The molecule has 13 heavy (non-hydrogen) atoms. The van der Waals surface area contributed by atoms with E-state index in [0.29, 0.717) is 0 Å². The van der Waals surface area contributed by atoms with E-state index < -0.39 is 0 Å². The number of nitrogens with one attached hydrogen (secondary N) is 1. The van der Waals surface area contributed by atoms with Crippen LogP contribution in [0.5, 0.6) is 0 Å². The van der Waals surface area contributed by atoms with E-state index in [2.05, 4.69) is 41.7 Å². The summed E-state index contributed by atoms with van der Waals surface area (Å²) in [5, 5.41) is 6.19. The molecule has 1 N–H and O–H groups in total. The van der Waals surface area contributed by atoms with Crippen molar-refractivity contribution in [1.82, 2.24) is 0 Å². The van der Waals surface area contributed by atoms with Crippen LogP contribution in [0.15, 0.2) is 36.4 Å². The van der Waals surface area contributed by atoms with Gasteiger partial charge in [-0.25, -0.2) is 0 Å². The Kier molecular flexibility index (Phi) is 1.33. The zero-order chi connectivity index (χ0) is 8.67. The van der Waals surface area contributed by atoms with Crippen molar-refractivity contribution in [2.75, 3.05) is 11.9 Å². The van der Waals surface area contributed by atoms with Crippen LogP contribution in [0.1, 0.15) is 5.56 Å². The SMILES string of the molecule is c1cc2c3c(cccc3c1)NCC2. The fraction of sp³-hybridized carbons (Fsp3) is 0.167. The molecule has 2 aromatic rings. The summed E-state index contributed by atoms with van der Waals surface area (Å²) in [6, 6.07) is 13.0. The molecule has 2 aromatic carbocycles. The molecule has 64 valence electrons. The lowest BCUT2D eigenvalue weighted by molar-refractivity contribution is 1.01. The standard InChI is InChI=1S/C12H11N/c1-3-9-5-2-6-11-12(9)10(4-1)7-8-13-11/h1-6,13H,7-8H2. The van der Waals surface area contributed by atoms with Gasteiger partial charge in [-0.2, -0.15) is 0 Å². The van der Waals surface area contributed by atoms with Gasteiger partial charge in [-0.05, 0) is 23.4 Å². The van der Waals surface area contributed by atoms with Gasteiger partial charge >= 0.3 is 0 Å². The van der Waals surface area contributed by atoms with Crippen molar-refractivity contribution in [3.8, 4) is 0 Å². The molecule has 1 heteroatoms. The topological polar surface area (TPSA) is 12.0 Å². The number of rotatable bonds is 0. The van der Waals surface area contributed by atoms with Crippen LogP contribution < -0.4 is 5.32 Å². The largest absolute Gasteiger partial charge is 0.384 e. The summed E-state index contributed by atoms with van der Waals surface area (Å²) in [7, 11) is 0. The number of benzene rings is 2. The van der Waals surface area contributed by atoms with Crippen molar-refractivity contribution < 1.29 is 0 Å². The first-order chi connectivity index (χ1) is 6.45. The molecular formula is C12H11N. The summed E-state index contributed by atoms with van der Waals surface area (Å²) in [4.78, 5) is 0. The zero-order valence-corrected chi connectivity index (χ0v) is 7.38. The zero-order valence-electron chi connectivity index (χ0n) is 7.38. The molecule has 1 aliphatic rings. The average molecular weight is 169 g/mol. The van der Waals surface area contributed by atoms with Gasteiger partial charge in [0, 0.05) is 17.6 Å². The second kappa shape index (κ2) is 2.49. The first-order valence-electron chi connectivity index (χ1n) is 4.70. The third kappa shape index (κ3) is 0.934. The minimum Gasteiger partial charge on any atom is -0.384 e. The summed E-state index contributed by atoms with van der Waals surface area (Å²) >= 11 is 0. The summed E-state index contributed by atoms with van der Waals surface area (Å²) in [6.07, 6.45) is 1.15. The van der Waals surface area contributed by atoms with Gasteiger partial charge in [0.1, 0.15) is 0 Å². The summed E-state index contributed by atoms with van der Waals surface area (Å²) in [5.41, 5.74) is 2.77. The third-order valence-electron chi connectivity index (χ3n) is 2.70. The molecule has 1 aliphatic heterocycles. The Morgan fingerprint density at radius 1 is 1.00 bits per heavy atom. The maximum atomic E-state index is 3.43. The van der Waals surface area contributed by atoms with Crippen LogP contribution >= 0.6 is 0 Å². The van der Waals surface area contributed by atoms with E-state index in [0.717, 1.165) is 13.0 Å². The van der Waals surface area contributed by atoms with E-state index in [-0.39, 0.29) is 0 Å². The Hall–Kier alpha value is -1.50. The van der Waals surface area contributed by atoms with Crippen molar-refractivity contribution >= 4 is 16.5 Å². The van der Waals surface area contributed by atoms with E-state index in [9.17, 15) is 0 Å². The molecule has 0 radical (unpaired) electrons. The van der Waals surface area contributed by atoms with E-state index in [1.807, 2.05) is 0 Å². The highest BCUT2D eigenvalue weighted by Crippen LogP contribution is 2.29. The average Bonchev–Trinajstić information content (AvgIpc) is 2.19. The molecule has 0 fully saturated rings. The number of anilines is 1. The van der Waals surface area contributed by atoms with Crippen molar-refractivity contribution in [2.24, 2.45) is 0 Å². The van der Waals surface area contributed by atoms with Gasteiger partial charge in [0.15, 0.2) is 0 Å². The molecule has 0 atom stereocenters. The molecule has 0 saturated heterocycles. The first-order valence-corrected chi connectivity index (χ1v) is 4.70. The van der Waals surface area contributed by atoms with Gasteiger partial charge < -0.3 is 5.32 Å². The van der Waals surface area contributed by atoms with Crippen LogP contribution in [0.25, 0.3) is 10.8 Å². The minimum absolute atomic E-state index is 1.07. The van der Waals surface area contributed by atoms with Crippen LogP contribution in [0.2, 0.25) is 0 Å². The molecule has 3 rings (SSSR count). The second-order valence-corrected chi connectivity index (χ2v) is 3.50. The fourth-order valence-corrected chi connectivity index (χ4v) is 2.11. The summed E-state index contributed by atoms with van der Waals surface area (Å²) in [6.45, 7) is 1.07. The quantitative estimate of drug-likeness (QED) is 0.639. The predicted molar refractivity (Wildman–Crippen MR) is 56.1 cm³/mol. The van der Waals surface area contributed by atoms with Crippen molar-refractivity contribution in [1.29, 1.82) is 0 Å². The molecule has 1 nitrogen and oxygen atoms in total. The lowest BCUT2D eigenvalue weighted by Gasteiger charge is -2.18. The Morgan fingerprint density at radius 2 is 1.85 bits per heavy atom. The fourth-order valence-electron chi connectivity index (χ4n) is 2.11. The maximum Gasteiger partial charge on any atom is 0.0422 e. The van der Waals surface area contributed by atoms with Crippen LogP contribution in [0.4, 0.5) is 5.69 Å². The molecule has 0 spiro atoms. The number of hydrogen-bond donors (Lipinski definition) is 1. The van der Waals surface area contributed by atoms with Crippen LogP contribution in [0, 0.1) is 0 Å². The smallest absolute Gasteiger partial charge is 0.0422 e. The normalized spacial score (nSPS) is 14.2. The summed E-state index contributed by atoms with van der Waals surface area (Å²) in [5.74, 6) is 0. The van der Waals surface area contributed by atoms with E-state index in [1.54, 1.807) is 0 Å². The van der Waals surface area contributed by atoms with Gasteiger partial charge in [0.2, 0.25) is 0 Å². The Labute approximate surface area is 77.4 Å². The highest BCUT2D eigenvalue weighted by molar-refractivity contribution is 5.97. The summed E-state index contributed by atoms with van der Waals surface area (Å²) < 4.78 is 0. The third-order valence-corrected chi connectivity index (χ3v) is 2.70. The van der Waals surface area contributed by atoms with Crippen molar-refractivity contribution in [3.05, 3.63) is 42.0 Å².